The van der Waals surface area contributed by atoms with E-state index in [0.717, 1.165) is 24.3 Å². The Morgan fingerprint density at radius 2 is 2.35 bits per heavy atom. The molecule has 2 heterocycles. The molecule has 2 N–H and O–H groups in total. The second kappa shape index (κ2) is 5.47. The SMILES string of the molecule is CC(C)c1cc(CN)cc(OC2CCOC2)n1. The minimum atomic E-state index is 0.135. The Hall–Kier alpha value is -1.13. The third kappa shape index (κ3) is 3.17. The van der Waals surface area contributed by atoms with E-state index < -0.39 is 0 Å². The molecule has 4 heteroatoms. The van der Waals surface area contributed by atoms with Crippen LogP contribution in [0, 0.1) is 0 Å². The zero-order valence-corrected chi connectivity index (χ0v) is 10.5. The quantitative estimate of drug-likeness (QED) is 0.866. The highest BCUT2D eigenvalue weighted by atomic mass is 16.5. The van der Waals surface area contributed by atoms with E-state index in [9.17, 15) is 0 Å². The van der Waals surface area contributed by atoms with Crippen LogP contribution in [-0.2, 0) is 11.3 Å². The molecule has 1 aliphatic heterocycles. The Labute approximate surface area is 102 Å². The summed E-state index contributed by atoms with van der Waals surface area (Å²) >= 11 is 0. The lowest BCUT2D eigenvalue weighted by Crippen LogP contribution is -2.17. The van der Waals surface area contributed by atoms with Crippen molar-refractivity contribution >= 4 is 0 Å². The first-order valence-corrected chi connectivity index (χ1v) is 6.14. The van der Waals surface area contributed by atoms with E-state index in [1.807, 2.05) is 12.1 Å². The fraction of sp³-hybridized carbons (Fsp3) is 0.615. The number of ether oxygens (including phenoxy) is 2. The number of nitrogens with two attached hydrogens (primary N) is 1. The van der Waals surface area contributed by atoms with Crippen LogP contribution >= 0.6 is 0 Å². The Morgan fingerprint density at radius 1 is 1.53 bits per heavy atom. The summed E-state index contributed by atoms with van der Waals surface area (Å²) in [5.41, 5.74) is 7.78. The Balaban J connectivity index is 2.16. The van der Waals surface area contributed by atoms with Crippen LogP contribution in [0.3, 0.4) is 0 Å². The van der Waals surface area contributed by atoms with Crippen LogP contribution in [0.1, 0.15) is 37.4 Å². The highest BCUT2D eigenvalue weighted by molar-refractivity contribution is 5.26. The van der Waals surface area contributed by atoms with Crippen LogP contribution in [0.5, 0.6) is 5.88 Å². The third-order valence-corrected chi connectivity index (χ3v) is 2.88. The third-order valence-electron chi connectivity index (χ3n) is 2.88. The molecule has 1 atom stereocenters. The zero-order valence-electron chi connectivity index (χ0n) is 10.5. The molecule has 1 saturated heterocycles. The molecule has 1 unspecified atom stereocenters. The molecule has 17 heavy (non-hydrogen) atoms. The molecule has 1 aliphatic rings. The molecule has 0 radical (unpaired) electrons. The van der Waals surface area contributed by atoms with E-state index >= 15 is 0 Å². The van der Waals surface area contributed by atoms with E-state index in [-0.39, 0.29) is 6.10 Å². The summed E-state index contributed by atoms with van der Waals surface area (Å²) in [6, 6.07) is 3.97. The predicted molar refractivity (Wildman–Crippen MR) is 66.1 cm³/mol. The van der Waals surface area contributed by atoms with Gasteiger partial charge in [0, 0.05) is 24.7 Å². The molecule has 1 fully saturated rings. The second-order valence-corrected chi connectivity index (χ2v) is 4.70. The number of aromatic nitrogens is 1. The molecule has 0 aliphatic carbocycles. The maximum Gasteiger partial charge on any atom is 0.214 e. The topological polar surface area (TPSA) is 57.4 Å². The van der Waals surface area contributed by atoms with Crippen LogP contribution in [-0.4, -0.2) is 24.3 Å². The molecule has 1 aromatic rings. The molecular weight excluding hydrogens is 216 g/mol. The smallest absolute Gasteiger partial charge is 0.214 e. The van der Waals surface area contributed by atoms with Gasteiger partial charge >= 0.3 is 0 Å². The molecule has 1 aromatic heterocycles. The maximum absolute atomic E-state index is 5.82. The second-order valence-electron chi connectivity index (χ2n) is 4.70. The van der Waals surface area contributed by atoms with Crippen LogP contribution in [0.25, 0.3) is 0 Å². The average Bonchev–Trinajstić information content (AvgIpc) is 2.81. The Kier molecular flexibility index (Phi) is 3.97. The lowest BCUT2D eigenvalue weighted by Gasteiger charge is -2.14. The minimum absolute atomic E-state index is 0.135. The van der Waals surface area contributed by atoms with Crippen molar-refractivity contribution in [1.29, 1.82) is 0 Å². The standard InChI is InChI=1S/C13H20N2O2/c1-9(2)12-5-10(7-14)6-13(15-12)17-11-3-4-16-8-11/h5-6,9,11H,3-4,7-8,14H2,1-2H3. The molecule has 94 valence electrons. The van der Waals surface area contributed by atoms with Crippen molar-refractivity contribution in [2.24, 2.45) is 5.73 Å². The van der Waals surface area contributed by atoms with Gasteiger partial charge in [-0.15, -0.1) is 0 Å². The fourth-order valence-electron chi connectivity index (χ4n) is 1.83. The number of hydrogen-bond donors (Lipinski definition) is 1. The van der Waals surface area contributed by atoms with E-state index in [2.05, 4.69) is 18.8 Å². The highest BCUT2D eigenvalue weighted by Crippen LogP contribution is 2.21. The Bertz CT molecular complexity index is 374. The van der Waals surface area contributed by atoms with Gasteiger partial charge in [-0.3, -0.25) is 0 Å². The molecule has 0 aromatic carbocycles. The van der Waals surface area contributed by atoms with E-state index in [4.69, 9.17) is 15.2 Å². The van der Waals surface area contributed by atoms with Crippen molar-refractivity contribution in [1.82, 2.24) is 4.98 Å². The summed E-state index contributed by atoms with van der Waals surface area (Å²) in [5.74, 6) is 1.05. The van der Waals surface area contributed by atoms with Gasteiger partial charge in [-0.05, 0) is 17.5 Å². The molecule has 2 rings (SSSR count). The zero-order chi connectivity index (χ0) is 12.3. The van der Waals surface area contributed by atoms with Crippen molar-refractivity contribution in [3.8, 4) is 5.88 Å². The van der Waals surface area contributed by atoms with Gasteiger partial charge in [0.1, 0.15) is 6.10 Å². The Morgan fingerprint density at radius 3 is 2.94 bits per heavy atom. The summed E-state index contributed by atoms with van der Waals surface area (Å²) < 4.78 is 11.1. The first-order valence-electron chi connectivity index (χ1n) is 6.14. The first kappa shape index (κ1) is 12.3. The van der Waals surface area contributed by atoms with Crippen molar-refractivity contribution in [3.63, 3.8) is 0 Å². The van der Waals surface area contributed by atoms with Gasteiger partial charge in [-0.1, -0.05) is 13.8 Å². The van der Waals surface area contributed by atoms with Crippen LogP contribution < -0.4 is 10.5 Å². The van der Waals surface area contributed by atoms with E-state index in [1.54, 1.807) is 0 Å². The molecule has 0 amide bonds. The predicted octanol–water partition coefficient (Wildman–Crippen LogP) is 1.83. The van der Waals surface area contributed by atoms with Crippen molar-refractivity contribution in [3.05, 3.63) is 23.4 Å². The van der Waals surface area contributed by atoms with Crippen LogP contribution in [0.2, 0.25) is 0 Å². The molecule has 4 nitrogen and oxygen atoms in total. The molecular formula is C13H20N2O2. The summed E-state index contributed by atoms with van der Waals surface area (Å²) in [7, 11) is 0. The summed E-state index contributed by atoms with van der Waals surface area (Å²) in [4.78, 5) is 4.51. The van der Waals surface area contributed by atoms with Gasteiger partial charge in [-0.25, -0.2) is 4.98 Å². The lowest BCUT2D eigenvalue weighted by atomic mass is 10.1. The lowest BCUT2D eigenvalue weighted by molar-refractivity contribution is 0.138. The van der Waals surface area contributed by atoms with E-state index in [0.29, 0.717) is 24.9 Å². The summed E-state index contributed by atoms with van der Waals surface area (Å²) in [5, 5.41) is 0. The van der Waals surface area contributed by atoms with Crippen LogP contribution in [0.15, 0.2) is 12.1 Å². The molecule has 0 saturated carbocycles. The van der Waals surface area contributed by atoms with Gasteiger partial charge in [0.15, 0.2) is 0 Å². The van der Waals surface area contributed by atoms with Gasteiger partial charge in [0.05, 0.1) is 13.2 Å². The number of rotatable bonds is 4. The first-order chi connectivity index (χ1) is 8.19. The maximum atomic E-state index is 5.82. The fourth-order valence-corrected chi connectivity index (χ4v) is 1.83. The number of pyridine rings is 1. The van der Waals surface area contributed by atoms with Gasteiger partial charge < -0.3 is 15.2 Å². The highest BCUT2D eigenvalue weighted by Gasteiger charge is 2.18. The monoisotopic (exact) mass is 236 g/mol. The van der Waals surface area contributed by atoms with Crippen molar-refractivity contribution in [2.75, 3.05) is 13.2 Å². The largest absolute Gasteiger partial charge is 0.472 e. The van der Waals surface area contributed by atoms with Gasteiger partial charge in [-0.2, -0.15) is 0 Å². The van der Waals surface area contributed by atoms with Gasteiger partial charge in [0.2, 0.25) is 5.88 Å². The number of hydrogen-bond acceptors (Lipinski definition) is 4. The molecule has 0 spiro atoms. The van der Waals surface area contributed by atoms with Crippen molar-refractivity contribution < 1.29 is 9.47 Å². The normalized spacial score (nSPS) is 19.9. The summed E-state index contributed by atoms with van der Waals surface area (Å²) in [6.07, 6.45) is 1.07. The minimum Gasteiger partial charge on any atom is -0.472 e. The van der Waals surface area contributed by atoms with Gasteiger partial charge in [0.25, 0.3) is 0 Å². The number of nitrogens with zero attached hydrogens (tertiary/aromatic N) is 1. The average molecular weight is 236 g/mol. The van der Waals surface area contributed by atoms with Crippen molar-refractivity contribution in [2.45, 2.75) is 38.8 Å². The summed E-state index contributed by atoms with van der Waals surface area (Å²) in [6.45, 7) is 6.18. The van der Waals surface area contributed by atoms with Crippen LogP contribution in [0.4, 0.5) is 0 Å². The van der Waals surface area contributed by atoms with E-state index in [1.165, 1.54) is 0 Å². The molecule has 0 bridgehead atoms.